The third kappa shape index (κ3) is 5.38. The predicted molar refractivity (Wildman–Crippen MR) is 145 cm³/mol. The number of nitrogens with zero attached hydrogens (tertiary/aromatic N) is 3. The van der Waals surface area contributed by atoms with Crippen molar-refractivity contribution in [2.75, 3.05) is 6.54 Å². The number of benzene rings is 3. The van der Waals surface area contributed by atoms with Crippen molar-refractivity contribution in [3.63, 3.8) is 0 Å². The molecule has 5 nitrogen and oxygen atoms in total. The van der Waals surface area contributed by atoms with Gasteiger partial charge in [0, 0.05) is 16.9 Å². The Morgan fingerprint density at radius 3 is 2.29 bits per heavy atom. The Bertz CT molecular complexity index is 1360. The van der Waals surface area contributed by atoms with Crippen molar-refractivity contribution >= 4 is 32.7 Å². The topological polar surface area (TPSA) is 55.2 Å². The first-order valence-electron chi connectivity index (χ1n) is 12.0. The SMILES string of the molecule is CCC(c1nc2ccccc2c(=O)n1-c1ccc(Br)cc1)N(CCc1ccccc1)C(=O)C(C)C. The van der Waals surface area contributed by atoms with E-state index in [-0.39, 0.29) is 23.4 Å². The van der Waals surface area contributed by atoms with Crippen LogP contribution >= 0.6 is 15.9 Å². The molecule has 0 N–H and O–H groups in total. The average molecular weight is 532 g/mol. The molecule has 0 aliphatic heterocycles. The summed E-state index contributed by atoms with van der Waals surface area (Å²) in [6.45, 7) is 6.42. The summed E-state index contributed by atoms with van der Waals surface area (Å²) in [4.78, 5) is 34.1. The van der Waals surface area contributed by atoms with E-state index in [4.69, 9.17) is 4.98 Å². The number of carbonyl (C=O) groups is 1. The molecule has 0 saturated carbocycles. The third-order valence-corrected chi connectivity index (χ3v) is 6.74. The zero-order chi connectivity index (χ0) is 24.9. The summed E-state index contributed by atoms with van der Waals surface area (Å²) < 4.78 is 2.60. The third-order valence-electron chi connectivity index (χ3n) is 6.21. The molecule has 6 heteroatoms. The van der Waals surface area contributed by atoms with Crippen molar-refractivity contribution in [2.45, 2.75) is 39.7 Å². The molecule has 1 heterocycles. The van der Waals surface area contributed by atoms with Gasteiger partial charge in [0.15, 0.2) is 0 Å². The van der Waals surface area contributed by atoms with Crippen LogP contribution in [0, 0.1) is 5.92 Å². The van der Waals surface area contributed by atoms with E-state index in [2.05, 4.69) is 28.1 Å². The summed E-state index contributed by atoms with van der Waals surface area (Å²) in [7, 11) is 0. The first-order valence-corrected chi connectivity index (χ1v) is 12.8. The van der Waals surface area contributed by atoms with Crippen LogP contribution in [0.25, 0.3) is 16.6 Å². The number of amides is 1. The normalized spacial score (nSPS) is 12.1. The predicted octanol–water partition coefficient (Wildman–Crippen LogP) is 6.33. The number of para-hydroxylation sites is 1. The first-order chi connectivity index (χ1) is 16.9. The van der Waals surface area contributed by atoms with Crippen molar-refractivity contribution in [3.8, 4) is 5.69 Å². The van der Waals surface area contributed by atoms with Gasteiger partial charge in [-0.3, -0.25) is 14.2 Å². The minimum absolute atomic E-state index is 0.0533. The molecule has 4 aromatic rings. The number of carbonyl (C=O) groups excluding carboxylic acids is 1. The molecule has 0 saturated heterocycles. The monoisotopic (exact) mass is 531 g/mol. The van der Waals surface area contributed by atoms with Gasteiger partial charge in [0.25, 0.3) is 5.56 Å². The Kier molecular flexibility index (Phi) is 7.81. The molecule has 1 atom stereocenters. The van der Waals surface area contributed by atoms with Gasteiger partial charge >= 0.3 is 0 Å². The lowest BCUT2D eigenvalue weighted by atomic mass is 10.0. The Hall–Kier alpha value is -3.25. The fourth-order valence-electron chi connectivity index (χ4n) is 4.40. The van der Waals surface area contributed by atoms with Gasteiger partial charge in [-0.05, 0) is 54.8 Å². The summed E-state index contributed by atoms with van der Waals surface area (Å²) in [5, 5.41) is 0.556. The standard InChI is InChI=1S/C29H30BrN3O2/c1-4-26(32(28(34)20(2)3)19-18-21-10-6-5-7-11-21)27-31-25-13-9-8-12-24(25)29(35)33(27)23-16-14-22(30)15-17-23/h5-17,20,26H,4,18-19H2,1-3H3. The molecule has 3 aromatic carbocycles. The van der Waals surface area contributed by atoms with Crippen LogP contribution in [0.2, 0.25) is 0 Å². The molecule has 0 aliphatic rings. The summed E-state index contributed by atoms with van der Waals surface area (Å²) >= 11 is 3.48. The highest BCUT2D eigenvalue weighted by atomic mass is 79.9. The van der Waals surface area contributed by atoms with Crippen molar-refractivity contribution in [3.05, 3.63) is 105 Å². The van der Waals surface area contributed by atoms with E-state index in [1.807, 2.05) is 86.3 Å². The lowest BCUT2D eigenvalue weighted by molar-refractivity contribution is -0.137. The number of rotatable bonds is 8. The Balaban J connectivity index is 1.88. The van der Waals surface area contributed by atoms with E-state index in [1.165, 1.54) is 5.56 Å². The fraction of sp³-hybridized carbons (Fsp3) is 0.276. The molecule has 4 rings (SSSR count). The van der Waals surface area contributed by atoms with E-state index in [0.717, 1.165) is 16.6 Å². The molecule has 0 aliphatic carbocycles. The van der Waals surface area contributed by atoms with Gasteiger partial charge in [-0.25, -0.2) is 4.98 Å². The van der Waals surface area contributed by atoms with Crippen molar-refractivity contribution in [1.82, 2.24) is 14.5 Å². The van der Waals surface area contributed by atoms with Gasteiger partial charge in [0.1, 0.15) is 5.82 Å². The maximum Gasteiger partial charge on any atom is 0.266 e. The van der Waals surface area contributed by atoms with Crippen LogP contribution in [-0.2, 0) is 11.2 Å². The number of aromatic nitrogens is 2. The Morgan fingerprint density at radius 2 is 1.63 bits per heavy atom. The maximum absolute atomic E-state index is 13.8. The number of fused-ring (bicyclic) bond motifs is 1. The molecule has 1 unspecified atom stereocenters. The van der Waals surface area contributed by atoms with Crippen LogP contribution in [0.4, 0.5) is 0 Å². The lowest BCUT2D eigenvalue weighted by Crippen LogP contribution is -2.41. The molecule has 0 fully saturated rings. The van der Waals surface area contributed by atoms with Crippen LogP contribution in [0.1, 0.15) is 44.6 Å². The van der Waals surface area contributed by atoms with E-state index >= 15 is 0 Å². The largest absolute Gasteiger partial charge is 0.332 e. The smallest absolute Gasteiger partial charge is 0.266 e. The van der Waals surface area contributed by atoms with E-state index in [9.17, 15) is 9.59 Å². The highest BCUT2D eigenvalue weighted by Gasteiger charge is 2.30. The molecular formula is C29H30BrN3O2. The van der Waals surface area contributed by atoms with Crippen LogP contribution in [0.3, 0.4) is 0 Å². The summed E-state index contributed by atoms with van der Waals surface area (Å²) in [6.07, 6.45) is 1.36. The van der Waals surface area contributed by atoms with E-state index < -0.39 is 0 Å². The lowest BCUT2D eigenvalue weighted by Gasteiger charge is -2.33. The van der Waals surface area contributed by atoms with Crippen LogP contribution < -0.4 is 5.56 Å². The quantitative estimate of drug-likeness (QED) is 0.267. The van der Waals surface area contributed by atoms with Crippen molar-refractivity contribution in [2.24, 2.45) is 5.92 Å². The first kappa shape index (κ1) is 24.9. The number of hydrogen-bond acceptors (Lipinski definition) is 3. The molecule has 1 amide bonds. The zero-order valence-electron chi connectivity index (χ0n) is 20.3. The molecule has 0 spiro atoms. The van der Waals surface area contributed by atoms with Gasteiger partial charge in [0.2, 0.25) is 5.91 Å². The second-order valence-electron chi connectivity index (χ2n) is 8.95. The van der Waals surface area contributed by atoms with E-state index in [1.54, 1.807) is 10.6 Å². The summed E-state index contributed by atoms with van der Waals surface area (Å²) in [5.74, 6) is 0.464. The van der Waals surface area contributed by atoms with Crippen LogP contribution in [0.15, 0.2) is 88.1 Å². The molecule has 1 aromatic heterocycles. The fourth-order valence-corrected chi connectivity index (χ4v) is 4.67. The average Bonchev–Trinajstić information content (AvgIpc) is 2.87. The highest BCUT2D eigenvalue weighted by molar-refractivity contribution is 9.10. The Labute approximate surface area is 214 Å². The Morgan fingerprint density at radius 1 is 0.971 bits per heavy atom. The molecule has 180 valence electrons. The maximum atomic E-state index is 13.8. The van der Waals surface area contributed by atoms with Gasteiger partial charge < -0.3 is 4.90 Å². The number of halogens is 1. The second-order valence-corrected chi connectivity index (χ2v) is 9.87. The van der Waals surface area contributed by atoms with E-state index in [0.29, 0.717) is 29.7 Å². The zero-order valence-corrected chi connectivity index (χ0v) is 21.9. The molecule has 0 radical (unpaired) electrons. The van der Waals surface area contributed by atoms with Crippen LogP contribution in [0.5, 0.6) is 0 Å². The van der Waals surface area contributed by atoms with Crippen molar-refractivity contribution < 1.29 is 4.79 Å². The van der Waals surface area contributed by atoms with Gasteiger partial charge in [-0.2, -0.15) is 0 Å². The summed E-state index contributed by atoms with van der Waals surface area (Å²) in [6, 6.07) is 24.8. The van der Waals surface area contributed by atoms with Gasteiger partial charge in [-0.1, -0.05) is 79.2 Å². The van der Waals surface area contributed by atoms with Gasteiger partial charge in [0.05, 0.1) is 22.6 Å². The summed E-state index contributed by atoms with van der Waals surface area (Å²) in [5.41, 5.74) is 2.40. The highest BCUT2D eigenvalue weighted by Crippen LogP contribution is 2.28. The minimum atomic E-state index is -0.352. The second kappa shape index (κ2) is 11.0. The molecule has 35 heavy (non-hydrogen) atoms. The minimum Gasteiger partial charge on any atom is -0.332 e. The van der Waals surface area contributed by atoms with Gasteiger partial charge in [-0.15, -0.1) is 0 Å². The van der Waals surface area contributed by atoms with Crippen LogP contribution in [-0.4, -0.2) is 26.9 Å². The molecular weight excluding hydrogens is 502 g/mol. The van der Waals surface area contributed by atoms with Crippen molar-refractivity contribution in [1.29, 1.82) is 0 Å². The molecule has 0 bridgehead atoms. The number of hydrogen-bond donors (Lipinski definition) is 0.